The first-order valence-corrected chi connectivity index (χ1v) is 7.61. The molecule has 6 heteroatoms. The number of nitrogens with one attached hydrogen (secondary N) is 1. The van der Waals surface area contributed by atoms with Crippen LogP contribution in [0, 0.1) is 6.92 Å². The molecule has 1 aliphatic heterocycles. The molecule has 0 bridgehead atoms. The van der Waals surface area contributed by atoms with Crippen LogP contribution in [0.3, 0.4) is 0 Å². The van der Waals surface area contributed by atoms with E-state index in [0.29, 0.717) is 5.13 Å². The standard InChI is InChI=1S/C13H22N4OS/c1-4-16-5-7-17(8-6-16)11(3)12(18)15-13-14-9-10(2)19-13/h9,11H,4-8H2,1-3H3,(H,14,15,18)/t11-/m1/s1. The number of amides is 1. The predicted octanol–water partition coefficient (Wildman–Crippen LogP) is 1.42. The van der Waals surface area contributed by atoms with Crippen molar-refractivity contribution in [1.82, 2.24) is 14.8 Å². The van der Waals surface area contributed by atoms with Crippen LogP contribution < -0.4 is 5.32 Å². The number of thiazole rings is 1. The Kier molecular flexibility index (Phi) is 4.90. The summed E-state index contributed by atoms with van der Waals surface area (Å²) in [4.78, 5) is 22.1. The number of hydrogen-bond acceptors (Lipinski definition) is 5. The Morgan fingerprint density at radius 2 is 2.16 bits per heavy atom. The molecular formula is C13H22N4OS. The molecule has 0 radical (unpaired) electrons. The third kappa shape index (κ3) is 3.75. The van der Waals surface area contributed by atoms with E-state index in [1.807, 2.05) is 13.8 Å². The Labute approximate surface area is 118 Å². The topological polar surface area (TPSA) is 48.5 Å². The molecular weight excluding hydrogens is 260 g/mol. The van der Waals surface area contributed by atoms with Gasteiger partial charge in [0.05, 0.1) is 6.04 Å². The Bertz CT molecular complexity index is 426. The van der Waals surface area contributed by atoms with Crippen LogP contribution in [0.2, 0.25) is 0 Å². The summed E-state index contributed by atoms with van der Waals surface area (Å²) in [5.74, 6) is 0.0410. The summed E-state index contributed by atoms with van der Waals surface area (Å²) in [7, 11) is 0. The summed E-state index contributed by atoms with van der Waals surface area (Å²) in [5, 5.41) is 3.59. The van der Waals surface area contributed by atoms with Crippen molar-refractivity contribution in [3.05, 3.63) is 11.1 Å². The summed E-state index contributed by atoms with van der Waals surface area (Å²) < 4.78 is 0. The fraction of sp³-hybridized carbons (Fsp3) is 0.692. The van der Waals surface area contributed by atoms with Gasteiger partial charge in [-0.25, -0.2) is 4.98 Å². The number of aryl methyl sites for hydroxylation is 1. The minimum atomic E-state index is -0.0942. The van der Waals surface area contributed by atoms with Crippen molar-refractivity contribution in [3.63, 3.8) is 0 Å². The van der Waals surface area contributed by atoms with Crippen molar-refractivity contribution in [2.45, 2.75) is 26.8 Å². The van der Waals surface area contributed by atoms with Gasteiger partial charge in [0.1, 0.15) is 0 Å². The van der Waals surface area contributed by atoms with Crippen LogP contribution in [-0.2, 0) is 4.79 Å². The highest BCUT2D eigenvalue weighted by Crippen LogP contribution is 2.17. The van der Waals surface area contributed by atoms with Gasteiger partial charge >= 0.3 is 0 Å². The number of likely N-dealkylation sites (N-methyl/N-ethyl adjacent to an activating group) is 1. The number of carbonyl (C=O) groups excluding carboxylic acids is 1. The first kappa shape index (κ1) is 14.4. The monoisotopic (exact) mass is 282 g/mol. The predicted molar refractivity (Wildman–Crippen MR) is 78.6 cm³/mol. The highest BCUT2D eigenvalue weighted by atomic mass is 32.1. The lowest BCUT2D eigenvalue weighted by Gasteiger charge is -2.36. The minimum absolute atomic E-state index is 0.0410. The van der Waals surface area contributed by atoms with E-state index in [0.717, 1.165) is 37.6 Å². The molecule has 0 aliphatic carbocycles. The lowest BCUT2D eigenvalue weighted by atomic mass is 10.2. The summed E-state index contributed by atoms with van der Waals surface area (Å²) in [6.45, 7) is 11.2. The molecule has 106 valence electrons. The lowest BCUT2D eigenvalue weighted by Crippen LogP contribution is -2.52. The summed E-state index contributed by atoms with van der Waals surface area (Å²) >= 11 is 1.51. The molecule has 2 rings (SSSR count). The average Bonchev–Trinajstić information content (AvgIpc) is 2.83. The molecule has 1 aromatic rings. The van der Waals surface area contributed by atoms with Crippen LogP contribution in [0.1, 0.15) is 18.7 Å². The summed E-state index contributed by atoms with van der Waals surface area (Å²) in [6, 6.07) is -0.0942. The fourth-order valence-corrected chi connectivity index (χ4v) is 2.92. The van der Waals surface area contributed by atoms with E-state index >= 15 is 0 Å². The van der Waals surface area contributed by atoms with E-state index in [4.69, 9.17) is 0 Å². The first-order chi connectivity index (χ1) is 9.10. The van der Waals surface area contributed by atoms with Crippen molar-refractivity contribution in [2.24, 2.45) is 0 Å². The summed E-state index contributed by atoms with van der Waals surface area (Å²) in [5.41, 5.74) is 0. The number of nitrogens with zero attached hydrogens (tertiary/aromatic N) is 3. The maximum Gasteiger partial charge on any atom is 0.243 e. The van der Waals surface area contributed by atoms with Gasteiger partial charge in [0.15, 0.2) is 5.13 Å². The summed E-state index contributed by atoms with van der Waals surface area (Å²) in [6.07, 6.45) is 1.78. The highest BCUT2D eigenvalue weighted by molar-refractivity contribution is 7.15. The highest BCUT2D eigenvalue weighted by Gasteiger charge is 2.25. The molecule has 5 nitrogen and oxygen atoms in total. The number of piperazine rings is 1. The van der Waals surface area contributed by atoms with Gasteiger partial charge in [-0.2, -0.15) is 0 Å². The zero-order valence-corrected chi connectivity index (χ0v) is 12.7. The van der Waals surface area contributed by atoms with Gasteiger partial charge in [0, 0.05) is 37.3 Å². The van der Waals surface area contributed by atoms with Gasteiger partial charge in [0.25, 0.3) is 0 Å². The molecule has 0 unspecified atom stereocenters. The van der Waals surface area contributed by atoms with Crippen molar-refractivity contribution < 1.29 is 4.79 Å². The van der Waals surface area contributed by atoms with Crippen molar-refractivity contribution >= 4 is 22.4 Å². The molecule has 1 saturated heterocycles. The van der Waals surface area contributed by atoms with Crippen LogP contribution >= 0.6 is 11.3 Å². The second kappa shape index (κ2) is 6.45. The second-order valence-corrected chi connectivity index (χ2v) is 6.15. The molecule has 1 aliphatic rings. The Morgan fingerprint density at radius 1 is 1.47 bits per heavy atom. The van der Waals surface area contributed by atoms with Crippen LogP contribution in [0.25, 0.3) is 0 Å². The van der Waals surface area contributed by atoms with Gasteiger partial charge in [-0.1, -0.05) is 6.92 Å². The normalized spacial score (nSPS) is 19.3. The molecule has 1 fully saturated rings. The maximum atomic E-state index is 12.2. The SMILES string of the molecule is CCN1CCN([C@H](C)C(=O)Nc2ncc(C)s2)CC1. The van der Waals surface area contributed by atoms with Gasteiger partial charge in [-0.05, 0) is 20.4 Å². The zero-order valence-electron chi connectivity index (χ0n) is 11.8. The number of hydrogen-bond donors (Lipinski definition) is 1. The first-order valence-electron chi connectivity index (χ1n) is 6.80. The molecule has 0 aromatic carbocycles. The number of anilines is 1. The molecule has 0 spiro atoms. The second-order valence-electron chi connectivity index (χ2n) is 4.91. The van der Waals surface area contributed by atoms with E-state index < -0.39 is 0 Å². The molecule has 0 saturated carbocycles. The molecule has 1 aromatic heterocycles. The van der Waals surface area contributed by atoms with Crippen molar-refractivity contribution in [3.8, 4) is 0 Å². The molecule has 1 amide bonds. The van der Waals surface area contributed by atoms with E-state index in [2.05, 4.69) is 27.0 Å². The Morgan fingerprint density at radius 3 is 2.68 bits per heavy atom. The Hall–Kier alpha value is -0.980. The van der Waals surface area contributed by atoms with Gasteiger partial charge in [-0.15, -0.1) is 11.3 Å². The van der Waals surface area contributed by atoms with Gasteiger partial charge in [0.2, 0.25) is 5.91 Å². The molecule has 1 atom stereocenters. The smallest absolute Gasteiger partial charge is 0.243 e. The van der Waals surface area contributed by atoms with Crippen LogP contribution in [-0.4, -0.2) is 59.5 Å². The number of aromatic nitrogens is 1. The lowest BCUT2D eigenvalue weighted by molar-refractivity contribution is -0.121. The van der Waals surface area contributed by atoms with Crippen LogP contribution in [0.4, 0.5) is 5.13 Å². The van der Waals surface area contributed by atoms with Gasteiger partial charge < -0.3 is 10.2 Å². The number of carbonyl (C=O) groups is 1. The minimum Gasteiger partial charge on any atom is -0.301 e. The van der Waals surface area contributed by atoms with Gasteiger partial charge in [-0.3, -0.25) is 9.69 Å². The van der Waals surface area contributed by atoms with Crippen molar-refractivity contribution in [1.29, 1.82) is 0 Å². The molecule has 19 heavy (non-hydrogen) atoms. The Balaban J connectivity index is 1.85. The van der Waals surface area contributed by atoms with Crippen LogP contribution in [0.5, 0.6) is 0 Å². The average molecular weight is 282 g/mol. The van der Waals surface area contributed by atoms with Crippen molar-refractivity contribution in [2.75, 3.05) is 38.0 Å². The number of rotatable bonds is 4. The molecule has 2 heterocycles. The fourth-order valence-electron chi connectivity index (χ4n) is 2.26. The third-order valence-electron chi connectivity index (χ3n) is 3.63. The molecule has 1 N–H and O–H groups in total. The maximum absolute atomic E-state index is 12.2. The van der Waals surface area contributed by atoms with E-state index in [9.17, 15) is 4.79 Å². The quantitative estimate of drug-likeness (QED) is 0.907. The third-order valence-corrected chi connectivity index (χ3v) is 4.46. The largest absolute Gasteiger partial charge is 0.301 e. The zero-order chi connectivity index (χ0) is 13.8. The van der Waals surface area contributed by atoms with E-state index in [-0.39, 0.29) is 11.9 Å². The van der Waals surface area contributed by atoms with E-state index in [1.165, 1.54) is 11.3 Å². The van der Waals surface area contributed by atoms with Crippen LogP contribution in [0.15, 0.2) is 6.20 Å². The van der Waals surface area contributed by atoms with E-state index in [1.54, 1.807) is 6.20 Å².